The summed E-state index contributed by atoms with van der Waals surface area (Å²) < 4.78 is 32.8. The molecule has 0 aliphatic heterocycles. The van der Waals surface area contributed by atoms with Crippen molar-refractivity contribution in [2.45, 2.75) is 24.1 Å². The predicted molar refractivity (Wildman–Crippen MR) is 123 cm³/mol. The van der Waals surface area contributed by atoms with Gasteiger partial charge in [-0.15, -0.1) is 0 Å². The van der Waals surface area contributed by atoms with Crippen LogP contribution in [0.1, 0.15) is 34.3 Å². The Bertz CT molecular complexity index is 1470. The average molecular weight is 483 g/mol. The predicted octanol–water partition coefficient (Wildman–Crippen LogP) is 0.591. The topological polar surface area (TPSA) is 156 Å². The fourth-order valence-electron chi connectivity index (χ4n) is 3.57. The molecule has 3 aromatic rings. The van der Waals surface area contributed by atoms with E-state index in [4.69, 9.17) is 10.00 Å². The fraction of sp³-hybridized carbons (Fsp3) is 0.318. The van der Waals surface area contributed by atoms with Crippen LogP contribution in [0.3, 0.4) is 0 Å². The summed E-state index contributed by atoms with van der Waals surface area (Å²) in [5, 5.41) is 11.6. The number of fused-ring (bicyclic) bond motifs is 1. The second-order valence-corrected chi connectivity index (χ2v) is 10.3. The number of nitriles is 1. The maximum absolute atomic E-state index is 12.9. The van der Waals surface area contributed by atoms with Gasteiger partial charge in [0.2, 0.25) is 15.9 Å². The van der Waals surface area contributed by atoms with Crippen LogP contribution in [0, 0.1) is 11.3 Å². The number of nitrogens with one attached hydrogen (secondary N) is 2. The number of hydrogen-bond donors (Lipinski definition) is 2. The molecular formula is C22H22N6O5S. The highest BCUT2D eigenvalue weighted by Gasteiger charge is 2.55. The van der Waals surface area contributed by atoms with Crippen molar-refractivity contribution in [2.24, 2.45) is 7.05 Å². The van der Waals surface area contributed by atoms with Gasteiger partial charge in [0, 0.05) is 13.6 Å². The van der Waals surface area contributed by atoms with Gasteiger partial charge in [-0.05, 0) is 43.7 Å². The first-order valence-corrected chi connectivity index (χ1v) is 11.9. The number of aryl methyl sites for hydroxylation is 1. The molecule has 0 unspecified atom stereocenters. The number of benzene rings is 1. The van der Waals surface area contributed by atoms with Gasteiger partial charge >= 0.3 is 0 Å². The zero-order chi connectivity index (χ0) is 24.5. The Morgan fingerprint density at radius 2 is 1.97 bits per heavy atom. The summed E-state index contributed by atoms with van der Waals surface area (Å²) in [6, 6.07) is 10.1. The van der Waals surface area contributed by atoms with Crippen molar-refractivity contribution in [2.75, 3.05) is 13.7 Å². The van der Waals surface area contributed by atoms with Crippen LogP contribution < -0.4 is 20.3 Å². The van der Waals surface area contributed by atoms with Crippen LogP contribution in [-0.2, 0) is 23.6 Å². The smallest absolute Gasteiger partial charge is 0.263 e. The second-order valence-electron chi connectivity index (χ2n) is 8.01. The Hall–Kier alpha value is -3.82. The van der Waals surface area contributed by atoms with E-state index in [-0.39, 0.29) is 30.1 Å². The molecule has 1 saturated carbocycles. The van der Waals surface area contributed by atoms with Gasteiger partial charge in [-0.2, -0.15) is 10.2 Å². The van der Waals surface area contributed by atoms with Crippen molar-refractivity contribution in [1.82, 2.24) is 24.6 Å². The number of sulfonamides is 1. The van der Waals surface area contributed by atoms with E-state index in [1.54, 1.807) is 24.3 Å². The number of rotatable bonds is 8. The number of ether oxygens (including phenoxy) is 1. The monoisotopic (exact) mass is 482 g/mol. The van der Waals surface area contributed by atoms with Gasteiger partial charge in [0.15, 0.2) is 0 Å². The first-order valence-electron chi connectivity index (χ1n) is 10.4. The van der Waals surface area contributed by atoms with Gasteiger partial charge in [0.25, 0.3) is 11.5 Å². The van der Waals surface area contributed by atoms with E-state index in [1.165, 1.54) is 31.1 Å². The Balaban J connectivity index is 1.58. The van der Waals surface area contributed by atoms with Crippen molar-refractivity contribution in [3.63, 3.8) is 0 Å². The SMILES string of the molecule is CNS(=O)(=O)C1(COc2ncnc3cc(C(=O)NCc4ccc(C#N)cc4)c(=O)n(C)c23)CC1. The number of pyridine rings is 1. The third kappa shape index (κ3) is 4.23. The van der Waals surface area contributed by atoms with Crippen molar-refractivity contribution in [3.8, 4) is 11.9 Å². The summed E-state index contributed by atoms with van der Waals surface area (Å²) in [7, 11) is -0.713. The summed E-state index contributed by atoms with van der Waals surface area (Å²) in [6.07, 6.45) is 2.15. The Labute approximate surface area is 195 Å². The lowest BCUT2D eigenvalue weighted by Gasteiger charge is -2.17. The molecule has 2 aromatic heterocycles. The van der Waals surface area contributed by atoms with E-state index in [0.717, 1.165) is 5.56 Å². The van der Waals surface area contributed by atoms with Gasteiger partial charge in [0.1, 0.15) is 28.8 Å². The van der Waals surface area contributed by atoms with Gasteiger partial charge in [-0.1, -0.05) is 12.1 Å². The Morgan fingerprint density at radius 1 is 1.26 bits per heavy atom. The molecular weight excluding hydrogens is 460 g/mol. The molecule has 12 heteroatoms. The molecule has 0 saturated heterocycles. The van der Waals surface area contributed by atoms with E-state index < -0.39 is 26.2 Å². The highest BCUT2D eigenvalue weighted by molar-refractivity contribution is 7.91. The van der Waals surface area contributed by atoms with E-state index in [0.29, 0.717) is 23.9 Å². The molecule has 0 bridgehead atoms. The molecule has 176 valence electrons. The van der Waals surface area contributed by atoms with Crippen LogP contribution in [-0.4, -0.2) is 47.3 Å². The molecule has 4 rings (SSSR count). The number of nitrogens with zero attached hydrogens (tertiary/aromatic N) is 4. The van der Waals surface area contributed by atoms with E-state index >= 15 is 0 Å². The first kappa shape index (κ1) is 23.3. The third-order valence-corrected chi connectivity index (χ3v) is 8.07. The Morgan fingerprint density at radius 3 is 2.59 bits per heavy atom. The number of aromatic nitrogens is 3. The van der Waals surface area contributed by atoms with Gasteiger partial charge in [-0.3, -0.25) is 9.59 Å². The maximum atomic E-state index is 12.9. The van der Waals surface area contributed by atoms with Crippen molar-refractivity contribution in [3.05, 3.63) is 63.7 Å². The molecule has 34 heavy (non-hydrogen) atoms. The minimum Gasteiger partial charge on any atom is -0.474 e. The minimum absolute atomic E-state index is 0.0618. The molecule has 1 amide bonds. The lowest BCUT2D eigenvalue weighted by atomic mass is 10.1. The summed E-state index contributed by atoms with van der Waals surface area (Å²) in [5.74, 6) is -0.517. The van der Waals surface area contributed by atoms with Crippen LogP contribution in [0.2, 0.25) is 0 Å². The summed E-state index contributed by atoms with van der Waals surface area (Å²) in [5.41, 5.74) is 1.16. The number of carbonyl (C=O) groups is 1. The quantitative estimate of drug-likeness (QED) is 0.472. The molecule has 1 aliphatic carbocycles. The lowest BCUT2D eigenvalue weighted by Crippen LogP contribution is -2.38. The highest BCUT2D eigenvalue weighted by Crippen LogP contribution is 2.43. The van der Waals surface area contributed by atoms with E-state index in [9.17, 15) is 18.0 Å². The first-order chi connectivity index (χ1) is 16.2. The number of carbonyl (C=O) groups excluding carboxylic acids is 1. The zero-order valence-corrected chi connectivity index (χ0v) is 19.3. The van der Waals surface area contributed by atoms with Crippen molar-refractivity contribution >= 4 is 27.0 Å². The normalized spacial score (nSPS) is 14.4. The lowest BCUT2D eigenvalue weighted by molar-refractivity contribution is 0.0949. The van der Waals surface area contributed by atoms with Crippen molar-refractivity contribution < 1.29 is 17.9 Å². The average Bonchev–Trinajstić information content (AvgIpc) is 3.65. The van der Waals surface area contributed by atoms with Crippen LogP contribution >= 0.6 is 0 Å². The minimum atomic E-state index is -3.54. The molecule has 0 spiro atoms. The fourth-order valence-corrected chi connectivity index (χ4v) is 4.85. The highest BCUT2D eigenvalue weighted by atomic mass is 32.2. The van der Waals surface area contributed by atoms with Gasteiger partial charge < -0.3 is 14.6 Å². The van der Waals surface area contributed by atoms with Crippen LogP contribution in [0.25, 0.3) is 11.0 Å². The van der Waals surface area contributed by atoms with Gasteiger partial charge in [-0.25, -0.2) is 18.1 Å². The standard InChI is InChI=1S/C22H22N6O5S/c1-24-34(31,32)22(7-8-22)12-33-20-18-17(26-13-27-20)9-16(21(30)28(18)2)19(29)25-11-15-5-3-14(10-23)4-6-15/h3-6,9,13,24H,7-8,11-12H2,1-2H3,(H,25,29). The molecule has 2 N–H and O–H groups in total. The van der Waals surface area contributed by atoms with Gasteiger partial charge in [0.05, 0.1) is 17.1 Å². The van der Waals surface area contributed by atoms with Crippen molar-refractivity contribution in [1.29, 1.82) is 5.26 Å². The van der Waals surface area contributed by atoms with E-state index in [2.05, 4.69) is 20.0 Å². The molecule has 1 fully saturated rings. The van der Waals surface area contributed by atoms with Crippen LogP contribution in [0.4, 0.5) is 0 Å². The maximum Gasteiger partial charge on any atom is 0.263 e. The summed E-state index contributed by atoms with van der Waals surface area (Å²) >= 11 is 0. The summed E-state index contributed by atoms with van der Waals surface area (Å²) in [6.45, 7) is 0.0508. The molecule has 11 nitrogen and oxygen atoms in total. The zero-order valence-electron chi connectivity index (χ0n) is 18.5. The molecule has 0 atom stereocenters. The molecule has 2 heterocycles. The number of amides is 1. The second kappa shape index (κ2) is 8.85. The summed E-state index contributed by atoms with van der Waals surface area (Å²) in [4.78, 5) is 33.9. The number of hydrogen-bond acceptors (Lipinski definition) is 8. The largest absolute Gasteiger partial charge is 0.474 e. The van der Waals surface area contributed by atoms with Crippen LogP contribution in [0.15, 0.2) is 41.5 Å². The third-order valence-electron chi connectivity index (χ3n) is 5.87. The Kier molecular flexibility index (Phi) is 6.07. The van der Waals surface area contributed by atoms with E-state index in [1.807, 2.05) is 6.07 Å². The molecule has 0 radical (unpaired) electrons. The van der Waals surface area contributed by atoms with Crippen LogP contribution in [0.5, 0.6) is 5.88 Å². The molecule has 1 aromatic carbocycles. The molecule has 1 aliphatic rings.